The molecule has 1 aromatic rings. The van der Waals surface area contributed by atoms with Crippen LogP contribution in [0, 0.1) is 5.92 Å². The summed E-state index contributed by atoms with van der Waals surface area (Å²) in [5.74, 6) is 0.00378. The number of carbonyl (C=O) groups is 1. The molecule has 16 heavy (non-hydrogen) atoms. The highest BCUT2D eigenvalue weighted by molar-refractivity contribution is 5.82. The van der Waals surface area contributed by atoms with Gasteiger partial charge < -0.3 is 11.1 Å². The Morgan fingerprint density at radius 3 is 2.56 bits per heavy atom. The van der Waals surface area contributed by atoms with Gasteiger partial charge in [0, 0.05) is 6.20 Å². The molecule has 0 aliphatic carbocycles. The van der Waals surface area contributed by atoms with E-state index in [1.54, 1.807) is 6.20 Å². The van der Waals surface area contributed by atoms with E-state index in [0.29, 0.717) is 0 Å². The first-order valence-electron chi connectivity index (χ1n) is 5.49. The molecule has 0 aliphatic heterocycles. The van der Waals surface area contributed by atoms with E-state index in [9.17, 15) is 4.79 Å². The van der Waals surface area contributed by atoms with Gasteiger partial charge in [-0.2, -0.15) is 0 Å². The molecule has 0 saturated heterocycles. The average molecular weight is 221 g/mol. The molecule has 4 heteroatoms. The van der Waals surface area contributed by atoms with Crippen molar-refractivity contribution in [2.75, 3.05) is 0 Å². The van der Waals surface area contributed by atoms with Crippen molar-refractivity contribution >= 4 is 5.91 Å². The minimum absolute atomic E-state index is 0.113. The van der Waals surface area contributed by atoms with Crippen LogP contribution in [0.3, 0.4) is 0 Å². The second-order valence-electron chi connectivity index (χ2n) is 4.25. The van der Waals surface area contributed by atoms with Crippen molar-refractivity contribution in [2.45, 2.75) is 32.9 Å². The van der Waals surface area contributed by atoms with E-state index < -0.39 is 6.04 Å². The second kappa shape index (κ2) is 5.61. The zero-order chi connectivity index (χ0) is 12.1. The number of pyridine rings is 1. The molecule has 0 radical (unpaired) electrons. The van der Waals surface area contributed by atoms with Crippen LogP contribution >= 0.6 is 0 Å². The fourth-order valence-corrected chi connectivity index (χ4v) is 1.32. The molecule has 1 amide bonds. The zero-order valence-electron chi connectivity index (χ0n) is 9.97. The Morgan fingerprint density at radius 1 is 1.38 bits per heavy atom. The minimum Gasteiger partial charge on any atom is -0.347 e. The maximum atomic E-state index is 11.7. The lowest BCUT2D eigenvalue weighted by Crippen LogP contribution is -2.44. The number of nitrogens with one attached hydrogen (secondary N) is 1. The Bertz CT molecular complexity index is 337. The fourth-order valence-electron chi connectivity index (χ4n) is 1.32. The number of carbonyl (C=O) groups excluding carboxylic acids is 1. The van der Waals surface area contributed by atoms with Crippen molar-refractivity contribution in [1.82, 2.24) is 10.3 Å². The SMILES string of the molecule is CC(C)[C@H](N)C(=O)N[C@H](C)c1ccccn1. The molecule has 0 spiro atoms. The van der Waals surface area contributed by atoms with Gasteiger partial charge in [0.15, 0.2) is 0 Å². The van der Waals surface area contributed by atoms with Gasteiger partial charge in [-0.25, -0.2) is 0 Å². The highest BCUT2D eigenvalue weighted by atomic mass is 16.2. The van der Waals surface area contributed by atoms with Crippen LogP contribution in [0.4, 0.5) is 0 Å². The van der Waals surface area contributed by atoms with Crippen molar-refractivity contribution in [2.24, 2.45) is 11.7 Å². The lowest BCUT2D eigenvalue weighted by Gasteiger charge is -2.19. The van der Waals surface area contributed by atoms with Crippen LogP contribution in [0.15, 0.2) is 24.4 Å². The first kappa shape index (κ1) is 12.6. The summed E-state index contributed by atoms with van der Waals surface area (Å²) >= 11 is 0. The third-order valence-electron chi connectivity index (χ3n) is 2.51. The summed E-state index contributed by atoms with van der Waals surface area (Å²) in [6.07, 6.45) is 1.71. The summed E-state index contributed by atoms with van der Waals surface area (Å²) in [7, 11) is 0. The predicted octanol–water partition coefficient (Wildman–Crippen LogP) is 1.24. The number of nitrogens with two attached hydrogens (primary N) is 1. The Hall–Kier alpha value is -1.42. The van der Waals surface area contributed by atoms with E-state index in [4.69, 9.17) is 5.73 Å². The number of aromatic nitrogens is 1. The van der Waals surface area contributed by atoms with Gasteiger partial charge >= 0.3 is 0 Å². The van der Waals surface area contributed by atoms with Crippen LogP contribution in [0.1, 0.15) is 32.5 Å². The maximum Gasteiger partial charge on any atom is 0.237 e. The quantitative estimate of drug-likeness (QED) is 0.803. The lowest BCUT2D eigenvalue weighted by molar-refractivity contribution is -0.123. The molecule has 0 aliphatic rings. The number of amides is 1. The van der Waals surface area contributed by atoms with Gasteiger partial charge in [0.05, 0.1) is 17.8 Å². The van der Waals surface area contributed by atoms with Crippen LogP contribution in [0.5, 0.6) is 0 Å². The largest absolute Gasteiger partial charge is 0.347 e. The van der Waals surface area contributed by atoms with Crippen LogP contribution in [0.2, 0.25) is 0 Å². The smallest absolute Gasteiger partial charge is 0.237 e. The molecule has 0 bridgehead atoms. The highest BCUT2D eigenvalue weighted by Crippen LogP contribution is 2.09. The topological polar surface area (TPSA) is 68.0 Å². The van der Waals surface area contributed by atoms with E-state index in [1.165, 1.54) is 0 Å². The molecule has 4 nitrogen and oxygen atoms in total. The average Bonchev–Trinajstić information content (AvgIpc) is 2.28. The van der Waals surface area contributed by atoms with E-state index >= 15 is 0 Å². The Kier molecular flexibility index (Phi) is 4.43. The van der Waals surface area contributed by atoms with Gasteiger partial charge in [0.25, 0.3) is 0 Å². The monoisotopic (exact) mass is 221 g/mol. The van der Waals surface area contributed by atoms with Gasteiger partial charge in [-0.15, -0.1) is 0 Å². The number of nitrogens with zero attached hydrogens (tertiary/aromatic N) is 1. The minimum atomic E-state index is -0.467. The lowest BCUT2D eigenvalue weighted by atomic mass is 10.0. The van der Waals surface area contributed by atoms with E-state index in [0.717, 1.165) is 5.69 Å². The van der Waals surface area contributed by atoms with Crippen LogP contribution in [-0.4, -0.2) is 16.9 Å². The highest BCUT2D eigenvalue weighted by Gasteiger charge is 2.19. The van der Waals surface area contributed by atoms with E-state index in [-0.39, 0.29) is 17.9 Å². The van der Waals surface area contributed by atoms with Crippen LogP contribution < -0.4 is 11.1 Å². The molecule has 0 unspecified atom stereocenters. The molecule has 1 aromatic heterocycles. The molecular weight excluding hydrogens is 202 g/mol. The van der Waals surface area contributed by atoms with Crippen molar-refractivity contribution in [3.63, 3.8) is 0 Å². The van der Waals surface area contributed by atoms with E-state index in [1.807, 2.05) is 39.0 Å². The normalized spacial score (nSPS) is 14.6. The molecule has 1 heterocycles. The number of hydrogen-bond acceptors (Lipinski definition) is 3. The van der Waals surface area contributed by atoms with Crippen molar-refractivity contribution in [3.8, 4) is 0 Å². The van der Waals surface area contributed by atoms with Gasteiger partial charge in [-0.05, 0) is 25.0 Å². The molecule has 0 saturated carbocycles. The van der Waals surface area contributed by atoms with Crippen molar-refractivity contribution < 1.29 is 4.79 Å². The van der Waals surface area contributed by atoms with Crippen LogP contribution in [-0.2, 0) is 4.79 Å². The number of hydrogen-bond donors (Lipinski definition) is 2. The number of rotatable bonds is 4. The molecule has 0 aromatic carbocycles. The summed E-state index contributed by atoms with van der Waals surface area (Å²) < 4.78 is 0. The van der Waals surface area contributed by atoms with Gasteiger partial charge in [-0.3, -0.25) is 9.78 Å². The second-order valence-corrected chi connectivity index (χ2v) is 4.25. The fraction of sp³-hybridized carbons (Fsp3) is 0.500. The predicted molar refractivity (Wildman–Crippen MR) is 63.6 cm³/mol. The first-order valence-corrected chi connectivity index (χ1v) is 5.49. The van der Waals surface area contributed by atoms with E-state index in [2.05, 4.69) is 10.3 Å². The summed E-state index contributed by atoms with van der Waals surface area (Å²) in [6, 6.07) is 5.04. The third kappa shape index (κ3) is 3.31. The Balaban J connectivity index is 2.58. The summed E-state index contributed by atoms with van der Waals surface area (Å²) in [6.45, 7) is 5.75. The van der Waals surface area contributed by atoms with Crippen LogP contribution in [0.25, 0.3) is 0 Å². The Labute approximate surface area is 96.3 Å². The summed E-state index contributed by atoms with van der Waals surface area (Å²) in [5.41, 5.74) is 6.59. The van der Waals surface area contributed by atoms with Crippen molar-refractivity contribution in [3.05, 3.63) is 30.1 Å². The van der Waals surface area contributed by atoms with Crippen molar-refractivity contribution in [1.29, 1.82) is 0 Å². The van der Waals surface area contributed by atoms with Gasteiger partial charge in [0.2, 0.25) is 5.91 Å². The first-order chi connectivity index (χ1) is 7.52. The zero-order valence-corrected chi connectivity index (χ0v) is 9.97. The van der Waals surface area contributed by atoms with Gasteiger partial charge in [0.1, 0.15) is 0 Å². The summed E-state index contributed by atoms with van der Waals surface area (Å²) in [5, 5.41) is 2.85. The maximum absolute atomic E-state index is 11.7. The molecule has 0 fully saturated rings. The third-order valence-corrected chi connectivity index (χ3v) is 2.51. The standard InChI is InChI=1S/C12H19N3O/c1-8(2)11(13)12(16)15-9(3)10-6-4-5-7-14-10/h4-9,11H,13H2,1-3H3,(H,15,16)/t9-,11+/m1/s1. The molecule has 3 N–H and O–H groups in total. The molecule has 1 rings (SSSR count). The molecular formula is C12H19N3O. The summed E-state index contributed by atoms with van der Waals surface area (Å²) in [4.78, 5) is 15.9. The Morgan fingerprint density at radius 2 is 2.06 bits per heavy atom. The molecule has 2 atom stereocenters. The van der Waals surface area contributed by atoms with Gasteiger partial charge in [-0.1, -0.05) is 19.9 Å². The molecule has 88 valence electrons.